The van der Waals surface area contributed by atoms with E-state index >= 15 is 0 Å². The molecule has 0 radical (unpaired) electrons. The van der Waals surface area contributed by atoms with Gasteiger partial charge in [-0.25, -0.2) is 0 Å². The van der Waals surface area contributed by atoms with Gasteiger partial charge in [-0.15, -0.1) is 11.3 Å². The van der Waals surface area contributed by atoms with E-state index in [2.05, 4.69) is 0 Å². The minimum Gasteiger partial charge on any atom is -0.398 e. The van der Waals surface area contributed by atoms with Crippen LogP contribution in [0.25, 0.3) is 10.1 Å². The molecule has 1 heterocycles. The summed E-state index contributed by atoms with van der Waals surface area (Å²) in [5.41, 5.74) is 7.76. The van der Waals surface area contributed by atoms with Gasteiger partial charge in [0.15, 0.2) is 6.29 Å². The van der Waals surface area contributed by atoms with Crippen LogP contribution in [-0.2, 0) is 6.61 Å². The third kappa shape index (κ3) is 1.20. The van der Waals surface area contributed by atoms with Crippen molar-refractivity contribution >= 4 is 33.4 Å². The molecule has 0 spiro atoms. The Labute approximate surface area is 84.8 Å². The third-order valence-electron chi connectivity index (χ3n) is 2.16. The second kappa shape index (κ2) is 3.40. The second-order valence-corrected chi connectivity index (χ2v) is 3.86. The van der Waals surface area contributed by atoms with Crippen molar-refractivity contribution in [2.75, 3.05) is 5.73 Å². The van der Waals surface area contributed by atoms with Crippen LogP contribution in [0.2, 0.25) is 0 Å². The Morgan fingerprint density at radius 3 is 2.93 bits per heavy atom. The zero-order valence-corrected chi connectivity index (χ0v) is 8.17. The molecule has 0 fully saturated rings. The summed E-state index contributed by atoms with van der Waals surface area (Å²) in [6.45, 7) is -0.0322. The van der Waals surface area contributed by atoms with Gasteiger partial charge in [-0.2, -0.15) is 0 Å². The maximum Gasteiger partial charge on any atom is 0.151 e. The van der Waals surface area contributed by atoms with Crippen LogP contribution in [0, 0.1) is 0 Å². The lowest BCUT2D eigenvalue weighted by Crippen LogP contribution is -1.90. The number of anilines is 1. The molecule has 0 aliphatic heterocycles. The predicted molar refractivity (Wildman–Crippen MR) is 57.5 cm³/mol. The van der Waals surface area contributed by atoms with E-state index < -0.39 is 0 Å². The van der Waals surface area contributed by atoms with E-state index in [0.29, 0.717) is 11.3 Å². The number of aliphatic hydroxyl groups is 1. The molecular formula is C10H9NO2S. The predicted octanol–water partition coefficient (Wildman–Crippen LogP) is 1.79. The van der Waals surface area contributed by atoms with Gasteiger partial charge in [0, 0.05) is 26.7 Å². The van der Waals surface area contributed by atoms with Gasteiger partial charge in [-0.05, 0) is 11.6 Å². The van der Waals surface area contributed by atoms with Crippen LogP contribution in [0.15, 0.2) is 17.5 Å². The number of carbonyl (C=O) groups excluding carboxylic acids is 1. The molecule has 0 unspecified atom stereocenters. The van der Waals surface area contributed by atoms with E-state index in [1.807, 2.05) is 0 Å². The summed E-state index contributed by atoms with van der Waals surface area (Å²) in [4.78, 5) is 10.7. The number of nitrogens with two attached hydrogens (primary N) is 1. The fraction of sp³-hybridized carbons (Fsp3) is 0.100. The van der Waals surface area contributed by atoms with E-state index in [4.69, 9.17) is 10.8 Å². The summed E-state index contributed by atoms with van der Waals surface area (Å²) >= 11 is 1.43. The molecule has 0 aliphatic rings. The molecule has 2 aromatic rings. The van der Waals surface area contributed by atoms with Gasteiger partial charge in [0.1, 0.15) is 0 Å². The Morgan fingerprint density at radius 1 is 1.50 bits per heavy atom. The number of benzene rings is 1. The van der Waals surface area contributed by atoms with Crippen molar-refractivity contribution in [2.24, 2.45) is 0 Å². The number of thiophene rings is 1. The Bertz CT molecular complexity index is 490. The molecule has 3 N–H and O–H groups in total. The van der Waals surface area contributed by atoms with Crippen LogP contribution in [0.1, 0.15) is 15.9 Å². The highest BCUT2D eigenvalue weighted by atomic mass is 32.1. The number of nitrogen functional groups attached to an aromatic ring is 1. The Hall–Kier alpha value is -1.39. The van der Waals surface area contributed by atoms with Gasteiger partial charge in [-0.3, -0.25) is 4.79 Å². The van der Waals surface area contributed by atoms with Crippen LogP contribution in [0.4, 0.5) is 5.69 Å². The van der Waals surface area contributed by atoms with Crippen LogP contribution in [-0.4, -0.2) is 11.4 Å². The van der Waals surface area contributed by atoms with E-state index in [1.165, 1.54) is 11.3 Å². The van der Waals surface area contributed by atoms with Gasteiger partial charge in [-0.1, -0.05) is 6.07 Å². The molecule has 1 aromatic heterocycles. The van der Waals surface area contributed by atoms with Gasteiger partial charge in [0.25, 0.3) is 0 Å². The summed E-state index contributed by atoms with van der Waals surface area (Å²) < 4.78 is 0.898. The van der Waals surface area contributed by atoms with E-state index in [1.54, 1.807) is 17.5 Å². The highest BCUT2D eigenvalue weighted by molar-refractivity contribution is 7.17. The molecule has 0 atom stereocenters. The first-order valence-electron chi connectivity index (χ1n) is 4.12. The average molecular weight is 207 g/mol. The lowest BCUT2D eigenvalue weighted by molar-refractivity contribution is 0.112. The number of fused-ring (bicyclic) bond motifs is 1. The highest BCUT2D eigenvalue weighted by Crippen LogP contribution is 2.32. The topological polar surface area (TPSA) is 63.3 Å². The van der Waals surface area contributed by atoms with Crippen molar-refractivity contribution in [3.63, 3.8) is 0 Å². The first-order valence-corrected chi connectivity index (χ1v) is 5.00. The zero-order chi connectivity index (χ0) is 10.1. The summed E-state index contributed by atoms with van der Waals surface area (Å²) in [6, 6.07) is 3.50. The third-order valence-corrected chi connectivity index (χ3v) is 3.23. The number of aldehydes is 1. The quantitative estimate of drug-likeness (QED) is 0.583. The number of carbonyl (C=O) groups is 1. The fourth-order valence-corrected chi connectivity index (χ4v) is 2.52. The van der Waals surface area contributed by atoms with Crippen molar-refractivity contribution in [3.05, 3.63) is 28.6 Å². The number of hydrogen-bond acceptors (Lipinski definition) is 4. The maximum absolute atomic E-state index is 10.7. The van der Waals surface area contributed by atoms with Crippen LogP contribution < -0.4 is 5.73 Å². The van der Waals surface area contributed by atoms with Gasteiger partial charge >= 0.3 is 0 Å². The molecule has 2 rings (SSSR count). The summed E-state index contributed by atoms with van der Waals surface area (Å²) in [5.74, 6) is 0. The summed E-state index contributed by atoms with van der Waals surface area (Å²) in [5, 5.41) is 11.6. The van der Waals surface area contributed by atoms with Crippen molar-refractivity contribution < 1.29 is 9.90 Å². The fourth-order valence-electron chi connectivity index (χ4n) is 1.47. The molecule has 0 amide bonds. The normalized spacial score (nSPS) is 10.6. The Balaban J connectivity index is 2.86. The van der Waals surface area contributed by atoms with E-state index in [9.17, 15) is 4.79 Å². The van der Waals surface area contributed by atoms with Crippen molar-refractivity contribution in [3.8, 4) is 0 Å². The minimum absolute atomic E-state index is 0.0322. The molecule has 4 heteroatoms. The van der Waals surface area contributed by atoms with E-state index in [0.717, 1.165) is 21.9 Å². The van der Waals surface area contributed by atoms with Gasteiger partial charge in [0.05, 0.1) is 6.61 Å². The second-order valence-electron chi connectivity index (χ2n) is 2.99. The lowest BCUT2D eigenvalue weighted by Gasteiger charge is -2.01. The molecule has 0 saturated carbocycles. The largest absolute Gasteiger partial charge is 0.398 e. The van der Waals surface area contributed by atoms with Gasteiger partial charge < -0.3 is 10.8 Å². The number of aliphatic hydroxyl groups excluding tert-OH is 1. The molecule has 72 valence electrons. The smallest absolute Gasteiger partial charge is 0.151 e. The van der Waals surface area contributed by atoms with Gasteiger partial charge in [0.2, 0.25) is 0 Å². The van der Waals surface area contributed by atoms with Crippen LogP contribution in [0.3, 0.4) is 0 Å². The van der Waals surface area contributed by atoms with Crippen molar-refractivity contribution in [1.29, 1.82) is 0 Å². The lowest BCUT2D eigenvalue weighted by atomic mass is 10.1. The molecule has 0 aliphatic carbocycles. The highest BCUT2D eigenvalue weighted by Gasteiger charge is 2.09. The summed E-state index contributed by atoms with van der Waals surface area (Å²) in [6.07, 6.45) is 0.788. The van der Waals surface area contributed by atoms with Crippen LogP contribution >= 0.6 is 11.3 Å². The monoisotopic (exact) mass is 207 g/mol. The maximum atomic E-state index is 10.7. The molecular weight excluding hydrogens is 198 g/mol. The SMILES string of the molecule is Nc1ccc(CO)c2scc(C=O)c12. The Morgan fingerprint density at radius 2 is 2.29 bits per heavy atom. The van der Waals surface area contributed by atoms with E-state index in [-0.39, 0.29) is 6.61 Å². The van der Waals surface area contributed by atoms with Crippen molar-refractivity contribution in [2.45, 2.75) is 6.61 Å². The minimum atomic E-state index is -0.0322. The molecule has 1 aromatic carbocycles. The zero-order valence-electron chi connectivity index (χ0n) is 7.36. The number of rotatable bonds is 2. The molecule has 14 heavy (non-hydrogen) atoms. The van der Waals surface area contributed by atoms with Crippen molar-refractivity contribution in [1.82, 2.24) is 0 Å². The molecule has 3 nitrogen and oxygen atoms in total. The molecule has 0 saturated heterocycles. The number of hydrogen-bond donors (Lipinski definition) is 2. The van der Waals surface area contributed by atoms with Crippen LogP contribution in [0.5, 0.6) is 0 Å². The average Bonchev–Trinajstić information content (AvgIpc) is 2.63. The molecule has 0 bridgehead atoms. The standard InChI is InChI=1S/C10H9NO2S/c11-8-2-1-6(3-12)10-9(8)7(4-13)5-14-10/h1-2,4-5,12H,3,11H2. The summed E-state index contributed by atoms with van der Waals surface area (Å²) in [7, 11) is 0. The first kappa shape index (κ1) is 9.18. The first-order chi connectivity index (χ1) is 6.77. The Kier molecular flexibility index (Phi) is 2.23.